The molecule has 0 spiro atoms. The van der Waals surface area contributed by atoms with Crippen molar-refractivity contribution >= 4 is 39.4 Å². The SMILES string of the molecule is Cc1nc2cc(C(=O)NCCc3c[nH]c4ccc(Cl)cc34)ccc2n(Cc2ccccc2)c1=O. The van der Waals surface area contributed by atoms with E-state index in [0.717, 1.165) is 22.0 Å². The summed E-state index contributed by atoms with van der Waals surface area (Å²) in [5, 5.41) is 4.72. The molecule has 2 heterocycles. The van der Waals surface area contributed by atoms with Crippen LogP contribution in [0.2, 0.25) is 5.02 Å². The van der Waals surface area contributed by atoms with E-state index in [1.165, 1.54) is 0 Å². The summed E-state index contributed by atoms with van der Waals surface area (Å²) >= 11 is 6.13. The quantitative estimate of drug-likeness (QED) is 0.372. The highest BCUT2D eigenvalue weighted by Crippen LogP contribution is 2.22. The number of aromatic nitrogens is 3. The molecular weight excluding hydrogens is 448 g/mol. The van der Waals surface area contributed by atoms with Crippen LogP contribution in [0.1, 0.15) is 27.2 Å². The number of nitrogens with zero attached hydrogens (tertiary/aromatic N) is 2. The van der Waals surface area contributed by atoms with Crippen LogP contribution in [0.3, 0.4) is 0 Å². The zero-order valence-electron chi connectivity index (χ0n) is 18.6. The van der Waals surface area contributed by atoms with Gasteiger partial charge in [0.2, 0.25) is 0 Å². The van der Waals surface area contributed by atoms with Crippen molar-refractivity contribution in [1.82, 2.24) is 19.9 Å². The van der Waals surface area contributed by atoms with Crippen LogP contribution < -0.4 is 10.9 Å². The van der Waals surface area contributed by atoms with Crippen molar-refractivity contribution < 1.29 is 4.79 Å². The van der Waals surface area contributed by atoms with Crippen molar-refractivity contribution in [2.24, 2.45) is 0 Å². The van der Waals surface area contributed by atoms with Crippen LogP contribution in [-0.2, 0) is 13.0 Å². The highest BCUT2D eigenvalue weighted by molar-refractivity contribution is 6.31. The number of halogens is 1. The van der Waals surface area contributed by atoms with Crippen LogP contribution >= 0.6 is 11.6 Å². The molecule has 0 saturated heterocycles. The molecule has 0 atom stereocenters. The maximum Gasteiger partial charge on any atom is 0.272 e. The van der Waals surface area contributed by atoms with Gasteiger partial charge in [-0.2, -0.15) is 0 Å². The van der Waals surface area contributed by atoms with E-state index in [1.54, 1.807) is 29.7 Å². The Hall–Kier alpha value is -3.90. The molecule has 0 aliphatic rings. The summed E-state index contributed by atoms with van der Waals surface area (Å²) in [5.41, 5.74) is 5.23. The lowest BCUT2D eigenvalue weighted by Gasteiger charge is -2.12. The number of rotatable bonds is 6. The van der Waals surface area contributed by atoms with E-state index >= 15 is 0 Å². The minimum absolute atomic E-state index is 0.132. The maximum absolute atomic E-state index is 12.8. The first-order chi connectivity index (χ1) is 16.5. The molecule has 2 aromatic heterocycles. The van der Waals surface area contributed by atoms with Crippen molar-refractivity contribution in [3.05, 3.63) is 111 Å². The number of nitrogens with one attached hydrogen (secondary N) is 2. The Labute approximate surface area is 201 Å². The highest BCUT2D eigenvalue weighted by Gasteiger charge is 2.13. The number of amides is 1. The van der Waals surface area contributed by atoms with E-state index in [0.29, 0.717) is 46.8 Å². The third kappa shape index (κ3) is 4.32. The first kappa shape index (κ1) is 21.9. The van der Waals surface area contributed by atoms with E-state index in [9.17, 15) is 9.59 Å². The summed E-state index contributed by atoms with van der Waals surface area (Å²) in [5.74, 6) is -0.181. The molecule has 170 valence electrons. The predicted octanol–water partition coefficient (Wildman–Crippen LogP) is 4.86. The third-order valence-corrected chi connectivity index (χ3v) is 6.20. The predicted molar refractivity (Wildman–Crippen MR) is 136 cm³/mol. The smallest absolute Gasteiger partial charge is 0.272 e. The van der Waals surface area contributed by atoms with Crippen LogP contribution in [0.15, 0.2) is 77.7 Å². The van der Waals surface area contributed by atoms with Gasteiger partial charge in [-0.05, 0) is 60.9 Å². The molecule has 5 aromatic rings. The zero-order chi connectivity index (χ0) is 23.7. The fourth-order valence-electron chi connectivity index (χ4n) is 4.21. The van der Waals surface area contributed by atoms with Gasteiger partial charge in [-0.3, -0.25) is 9.59 Å². The number of aromatic amines is 1. The Balaban J connectivity index is 1.35. The summed E-state index contributed by atoms with van der Waals surface area (Å²) < 4.78 is 1.71. The van der Waals surface area contributed by atoms with Gasteiger partial charge >= 0.3 is 0 Å². The van der Waals surface area contributed by atoms with Crippen molar-refractivity contribution in [3.63, 3.8) is 0 Å². The molecule has 3 aromatic carbocycles. The number of benzene rings is 3. The highest BCUT2D eigenvalue weighted by atomic mass is 35.5. The van der Waals surface area contributed by atoms with Gasteiger partial charge in [0.05, 0.1) is 17.6 Å². The molecule has 6 nitrogen and oxygen atoms in total. The van der Waals surface area contributed by atoms with Crippen LogP contribution in [0.25, 0.3) is 21.9 Å². The van der Waals surface area contributed by atoms with Crippen molar-refractivity contribution in [2.45, 2.75) is 19.9 Å². The summed E-state index contributed by atoms with van der Waals surface area (Å²) in [6.07, 6.45) is 2.62. The molecule has 5 rings (SSSR count). The molecule has 0 fully saturated rings. The molecule has 0 aliphatic carbocycles. The van der Waals surface area contributed by atoms with Crippen molar-refractivity contribution in [3.8, 4) is 0 Å². The third-order valence-electron chi connectivity index (χ3n) is 5.96. The lowest BCUT2D eigenvalue weighted by atomic mass is 10.1. The largest absolute Gasteiger partial charge is 0.361 e. The van der Waals surface area contributed by atoms with Crippen LogP contribution in [0.5, 0.6) is 0 Å². The lowest BCUT2D eigenvalue weighted by molar-refractivity contribution is 0.0954. The summed E-state index contributed by atoms with van der Waals surface area (Å²) in [6, 6.07) is 20.8. The van der Waals surface area contributed by atoms with Gasteiger partial charge in [0.25, 0.3) is 11.5 Å². The second-order valence-electron chi connectivity index (χ2n) is 8.29. The molecule has 0 radical (unpaired) electrons. The molecule has 34 heavy (non-hydrogen) atoms. The van der Waals surface area contributed by atoms with Crippen molar-refractivity contribution in [2.75, 3.05) is 6.54 Å². The zero-order valence-corrected chi connectivity index (χ0v) is 19.4. The number of aryl methyl sites for hydroxylation is 1. The topological polar surface area (TPSA) is 79.8 Å². The van der Waals surface area contributed by atoms with Gasteiger partial charge in [0.1, 0.15) is 5.69 Å². The normalized spacial score (nSPS) is 11.2. The summed E-state index contributed by atoms with van der Waals surface area (Å²) in [6.45, 7) is 2.62. The van der Waals surface area contributed by atoms with Gasteiger partial charge in [-0.15, -0.1) is 0 Å². The molecule has 0 bridgehead atoms. The Bertz CT molecular complexity index is 1570. The minimum atomic E-state index is -0.181. The van der Waals surface area contributed by atoms with E-state index in [4.69, 9.17) is 11.6 Å². The Kier molecular flexibility index (Phi) is 5.90. The average Bonchev–Trinajstić information content (AvgIpc) is 3.24. The molecule has 1 amide bonds. The molecular formula is C27H23ClN4O2. The molecule has 2 N–H and O–H groups in total. The number of hydrogen-bond acceptors (Lipinski definition) is 3. The summed E-state index contributed by atoms with van der Waals surface area (Å²) in [7, 11) is 0. The van der Waals surface area contributed by atoms with Gasteiger partial charge in [-0.25, -0.2) is 4.98 Å². The monoisotopic (exact) mass is 470 g/mol. The van der Waals surface area contributed by atoms with E-state index in [-0.39, 0.29) is 11.5 Å². The number of hydrogen-bond donors (Lipinski definition) is 2. The second kappa shape index (κ2) is 9.15. The Morgan fingerprint density at radius 2 is 1.91 bits per heavy atom. The number of carbonyl (C=O) groups is 1. The van der Waals surface area contributed by atoms with Crippen LogP contribution in [0.4, 0.5) is 0 Å². The Morgan fingerprint density at radius 1 is 1.09 bits per heavy atom. The van der Waals surface area contributed by atoms with Gasteiger partial charge < -0.3 is 14.9 Å². The average molecular weight is 471 g/mol. The van der Waals surface area contributed by atoms with E-state index < -0.39 is 0 Å². The fraction of sp³-hybridized carbons (Fsp3) is 0.148. The standard InChI is InChI=1S/C27H23ClN4O2/c1-17-27(34)32(16-18-5-3-2-4-6-18)25-10-7-19(13-24(25)31-17)26(33)29-12-11-20-15-30-23-9-8-21(28)14-22(20)23/h2-10,13-15,30H,11-12,16H2,1H3,(H,29,33). The number of fused-ring (bicyclic) bond motifs is 2. The molecule has 7 heteroatoms. The van der Waals surface area contributed by atoms with Gasteiger partial charge in [0, 0.05) is 34.2 Å². The van der Waals surface area contributed by atoms with Crippen molar-refractivity contribution in [1.29, 1.82) is 0 Å². The number of carbonyl (C=O) groups excluding carboxylic acids is 1. The number of H-pyrrole nitrogens is 1. The minimum Gasteiger partial charge on any atom is -0.361 e. The lowest BCUT2D eigenvalue weighted by Crippen LogP contribution is -2.27. The Morgan fingerprint density at radius 3 is 2.74 bits per heavy atom. The maximum atomic E-state index is 12.8. The molecule has 0 saturated carbocycles. The van der Waals surface area contributed by atoms with Crippen LogP contribution in [0, 0.1) is 6.92 Å². The molecule has 0 aliphatic heterocycles. The second-order valence-corrected chi connectivity index (χ2v) is 8.72. The molecule has 0 unspecified atom stereocenters. The summed E-state index contributed by atoms with van der Waals surface area (Å²) in [4.78, 5) is 33.3. The fourth-order valence-corrected chi connectivity index (χ4v) is 4.38. The van der Waals surface area contributed by atoms with Crippen LogP contribution in [-0.4, -0.2) is 27.0 Å². The van der Waals surface area contributed by atoms with Gasteiger partial charge in [-0.1, -0.05) is 41.9 Å². The van der Waals surface area contributed by atoms with E-state index in [1.807, 2.05) is 54.7 Å². The van der Waals surface area contributed by atoms with E-state index in [2.05, 4.69) is 15.3 Å². The first-order valence-corrected chi connectivity index (χ1v) is 11.5. The van der Waals surface area contributed by atoms with Gasteiger partial charge in [0.15, 0.2) is 0 Å². The first-order valence-electron chi connectivity index (χ1n) is 11.1.